The van der Waals surface area contributed by atoms with Gasteiger partial charge in [-0.15, -0.1) is 0 Å². The van der Waals surface area contributed by atoms with Crippen LogP contribution >= 0.6 is 11.8 Å². The van der Waals surface area contributed by atoms with Gasteiger partial charge in [0.25, 0.3) is 0 Å². The highest BCUT2D eigenvalue weighted by Gasteiger charge is 2.30. The molecular weight excluding hydrogens is 246 g/mol. The van der Waals surface area contributed by atoms with Crippen molar-refractivity contribution in [2.45, 2.75) is 17.6 Å². The Labute approximate surface area is 99.3 Å². The Morgan fingerprint density at radius 1 is 1.62 bits per heavy atom. The van der Waals surface area contributed by atoms with E-state index >= 15 is 0 Å². The Hall–Kier alpha value is -0.530. The highest BCUT2D eigenvalue weighted by molar-refractivity contribution is 7.99. The molecule has 5 nitrogen and oxygen atoms in total. The number of nitrogens with two attached hydrogens (primary N) is 1. The summed E-state index contributed by atoms with van der Waals surface area (Å²) in [5.74, 6) is 1.33. The van der Waals surface area contributed by atoms with Crippen molar-refractivity contribution in [2.24, 2.45) is 5.73 Å². The molecule has 1 saturated heterocycles. The highest BCUT2D eigenvalue weighted by Crippen LogP contribution is 2.27. The lowest BCUT2D eigenvalue weighted by molar-refractivity contribution is 0.514. The second-order valence-corrected chi connectivity index (χ2v) is 7.10. The molecule has 2 heterocycles. The van der Waals surface area contributed by atoms with Crippen molar-refractivity contribution >= 4 is 21.6 Å². The molecule has 2 rings (SSSR count). The maximum absolute atomic E-state index is 11.4. The predicted octanol–water partition coefficient (Wildman–Crippen LogP) is 0.294. The van der Waals surface area contributed by atoms with E-state index in [1.54, 1.807) is 18.0 Å². The lowest BCUT2D eigenvalue weighted by atomic mass is 10.3. The molecule has 0 spiro atoms. The Morgan fingerprint density at radius 2 is 2.44 bits per heavy atom. The van der Waals surface area contributed by atoms with Crippen LogP contribution in [-0.4, -0.2) is 41.8 Å². The minimum Gasteiger partial charge on any atom is -0.330 e. The third-order valence-corrected chi connectivity index (χ3v) is 5.35. The van der Waals surface area contributed by atoms with Gasteiger partial charge in [0.05, 0.1) is 17.5 Å². The summed E-state index contributed by atoms with van der Waals surface area (Å²) in [5, 5.41) is 0.868. The second kappa shape index (κ2) is 4.77. The van der Waals surface area contributed by atoms with Crippen LogP contribution in [0.5, 0.6) is 0 Å². The summed E-state index contributed by atoms with van der Waals surface area (Å²) in [4.78, 5) is 4.22. The fourth-order valence-electron chi connectivity index (χ4n) is 1.83. The summed E-state index contributed by atoms with van der Waals surface area (Å²) in [6, 6.07) is 0.0489. The first-order valence-electron chi connectivity index (χ1n) is 5.18. The van der Waals surface area contributed by atoms with E-state index in [1.165, 1.54) is 0 Å². The molecule has 0 amide bonds. The maximum Gasteiger partial charge on any atom is 0.168 e. The van der Waals surface area contributed by atoms with Crippen LogP contribution in [0.1, 0.15) is 12.5 Å². The fourth-order valence-corrected chi connectivity index (χ4v) is 4.34. The second-order valence-electron chi connectivity index (χ2n) is 3.81. The SMILES string of the molecule is NCCSc1nccn1C1CCS(=O)(=O)C1. The smallest absolute Gasteiger partial charge is 0.168 e. The number of aromatic nitrogens is 2. The standard InChI is InChI=1S/C9H15N3O2S2/c10-2-5-15-9-11-3-4-12(9)8-1-6-16(13,14)7-8/h3-4,8H,1-2,5-7,10H2. The van der Waals surface area contributed by atoms with Crippen LogP contribution in [0.3, 0.4) is 0 Å². The molecule has 90 valence electrons. The van der Waals surface area contributed by atoms with E-state index in [4.69, 9.17) is 5.73 Å². The van der Waals surface area contributed by atoms with E-state index in [2.05, 4.69) is 4.98 Å². The minimum absolute atomic E-state index is 0.0489. The molecule has 7 heteroatoms. The van der Waals surface area contributed by atoms with Crippen LogP contribution in [0.25, 0.3) is 0 Å². The fraction of sp³-hybridized carbons (Fsp3) is 0.667. The Balaban J connectivity index is 2.12. The first-order chi connectivity index (χ1) is 7.62. The number of imidazole rings is 1. The third kappa shape index (κ3) is 2.58. The zero-order valence-electron chi connectivity index (χ0n) is 8.87. The first-order valence-corrected chi connectivity index (χ1v) is 7.99. The highest BCUT2D eigenvalue weighted by atomic mass is 32.2. The molecule has 1 unspecified atom stereocenters. The normalized spacial score (nSPS) is 23.7. The van der Waals surface area contributed by atoms with Gasteiger partial charge < -0.3 is 10.3 Å². The van der Waals surface area contributed by atoms with Crippen molar-refractivity contribution in [3.8, 4) is 0 Å². The van der Waals surface area contributed by atoms with Gasteiger partial charge in [-0.2, -0.15) is 0 Å². The molecule has 0 bridgehead atoms. The largest absolute Gasteiger partial charge is 0.330 e. The van der Waals surface area contributed by atoms with Gasteiger partial charge in [0.2, 0.25) is 0 Å². The van der Waals surface area contributed by atoms with Crippen LogP contribution in [-0.2, 0) is 9.84 Å². The Bertz CT molecular complexity index is 455. The molecule has 1 aromatic rings. The number of nitrogens with zero attached hydrogens (tertiary/aromatic N) is 2. The van der Waals surface area contributed by atoms with Gasteiger partial charge >= 0.3 is 0 Å². The zero-order valence-corrected chi connectivity index (χ0v) is 10.5. The predicted molar refractivity (Wildman–Crippen MR) is 64.3 cm³/mol. The monoisotopic (exact) mass is 261 g/mol. The van der Waals surface area contributed by atoms with E-state index < -0.39 is 9.84 Å². The van der Waals surface area contributed by atoms with Crippen LogP contribution in [0.4, 0.5) is 0 Å². The quantitative estimate of drug-likeness (QED) is 0.788. The molecular formula is C9H15N3O2S2. The van der Waals surface area contributed by atoms with Crippen molar-refractivity contribution in [3.05, 3.63) is 12.4 Å². The van der Waals surface area contributed by atoms with Crippen LogP contribution < -0.4 is 5.73 Å². The third-order valence-electron chi connectivity index (χ3n) is 2.58. The average molecular weight is 261 g/mol. The lowest BCUT2D eigenvalue weighted by Crippen LogP contribution is -2.12. The van der Waals surface area contributed by atoms with E-state index in [-0.39, 0.29) is 17.5 Å². The van der Waals surface area contributed by atoms with Gasteiger partial charge in [-0.1, -0.05) is 11.8 Å². The van der Waals surface area contributed by atoms with Gasteiger partial charge in [-0.25, -0.2) is 13.4 Å². The van der Waals surface area contributed by atoms with E-state index in [0.29, 0.717) is 13.0 Å². The summed E-state index contributed by atoms with van der Waals surface area (Å²) >= 11 is 1.57. The van der Waals surface area contributed by atoms with Gasteiger partial charge in [0.1, 0.15) is 0 Å². The molecule has 2 N–H and O–H groups in total. The maximum atomic E-state index is 11.4. The van der Waals surface area contributed by atoms with Gasteiger partial charge in [-0.05, 0) is 6.42 Å². The molecule has 1 aliphatic heterocycles. The van der Waals surface area contributed by atoms with Gasteiger partial charge in [0, 0.05) is 24.7 Å². The number of thioether (sulfide) groups is 1. The van der Waals surface area contributed by atoms with Gasteiger partial charge in [-0.3, -0.25) is 0 Å². The molecule has 16 heavy (non-hydrogen) atoms. The number of hydrogen-bond acceptors (Lipinski definition) is 5. The topological polar surface area (TPSA) is 78.0 Å². The molecule has 1 atom stereocenters. The zero-order chi connectivity index (χ0) is 11.6. The van der Waals surface area contributed by atoms with E-state index in [9.17, 15) is 8.42 Å². The number of rotatable bonds is 4. The van der Waals surface area contributed by atoms with Crippen molar-refractivity contribution in [1.82, 2.24) is 9.55 Å². The Morgan fingerprint density at radius 3 is 3.06 bits per heavy atom. The summed E-state index contributed by atoms with van der Waals surface area (Å²) in [6.07, 6.45) is 4.25. The lowest BCUT2D eigenvalue weighted by Gasteiger charge is -2.12. The summed E-state index contributed by atoms with van der Waals surface area (Å²) < 4.78 is 24.8. The number of hydrogen-bond donors (Lipinski definition) is 1. The van der Waals surface area contributed by atoms with Crippen molar-refractivity contribution in [2.75, 3.05) is 23.8 Å². The molecule has 0 aliphatic carbocycles. The van der Waals surface area contributed by atoms with Crippen molar-refractivity contribution in [3.63, 3.8) is 0 Å². The summed E-state index contributed by atoms with van der Waals surface area (Å²) in [5.41, 5.74) is 5.44. The van der Waals surface area contributed by atoms with Crippen LogP contribution in [0.15, 0.2) is 17.6 Å². The number of sulfone groups is 1. The molecule has 1 aliphatic rings. The van der Waals surface area contributed by atoms with Crippen LogP contribution in [0, 0.1) is 0 Å². The first kappa shape index (κ1) is 11.9. The van der Waals surface area contributed by atoms with E-state index in [1.807, 2.05) is 10.8 Å². The molecule has 0 saturated carbocycles. The molecule has 1 aromatic heterocycles. The molecule has 1 fully saturated rings. The molecule has 0 radical (unpaired) electrons. The summed E-state index contributed by atoms with van der Waals surface area (Å²) in [6.45, 7) is 0.598. The van der Waals surface area contributed by atoms with Crippen LogP contribution in [0.2, 0.25) is 0 Å². The molecule has 0 aromatic carbocycles. The van der Waals surface area contributed by atoms with Crippen molar-refractivity contribution < 1.29 is 8.42 Å². The van der Waals surface area contributed by atoms with Gasteiger partial charge in [0.15, 0.2) is 15.0 Å². The van der Waals surface area contributed by atoms with Crippen molar-refractivity contribution in [1.29, 1.82) is 0 Å². The minimum atomic E-state index is -2.84. The average Bonchev–Trinajstić information content (AvgIpc) is 2.81. The van der Waals surface area contributed by atoms with E-state index in [0.717, 1.165) is 10.9 Å². The Kier molecular flexibility index (Phi) is 3.56. The summed E-state index contributed by atoms with van der Waals surface area (Å²) in [7, 11) is -2.84.